The molecule has 1 aliphatic rings. The van der Waals surface area contributed by atoms with Crippen LogP contribution in [0, 0.1) is 5.82 Å². The van der Waals surface area contributed by atoms with Gasteiger partial charge in [0.05, 0.1) is 5.56 Å². The SMILES string of the molecule is Fc1ccc(C(F)(F)F)c([C@@H](N2CCNCC2)C(F)(F)F)c1. The average Bonchev–Trinajstić information content (AvgIpc) is 2.37. The molecule has 9 heteroatoms. The van der Waals surface area contributed by atoms with Crippen molar-refractivity contribution < 1.29 is 30.7 Å². The second kappa shape index (κ2) is 6.04. The number of benzene rings is 1. The van der Waals surface area contributed by atoms with E-state index in [1.165, 1.54) is 0 Å². The summed E-state index contributed by atoms with van der Waals surface area (Å²) >= 11 is 0. The Morgan fingerprint density at radius 1 is 1.00 bits per heavy atom. The van der Waals surface area contributed by atoms with Gasteiger partial charge in [-0.15, -0.1) is 0 Å². The van der Waals surface area contributed by atoms with Crippen LogP contribution in [0.2, 0.25) is 0 Å². The van der Waals surface area contributed by atoms with E-state index in [1.807, 2.05) is 0 Å². The molecule has 0 unspecified atom stereocenters. The molecule has 0 aliphatic carbocycles. The maximum Gasteiger partial charge on any atom is 0.416 e. The first-order chi connectivity index (χ1) is 10.1. The third kappa shape index (κ3) is 3.70. The monoisotopic (exact) mass is 330 g/mol. The molecule has 0 spiro atoms. The molecule has 0 aromatic heterocycles. The lowest BCUT2D eigenvalue weighted by molar-refractivity contribution is -0.190. The molecule has 1 N–H and O–H groups in total. The molecule has 0 bridgehead atoms. The van der Waals surface area contributed by atoms with E-state index in [0.717, 1.165) is 4.90 Å². The second-order valence-corrected chi connectivity index (χ2v) is 4.96. The highest BCUT2D eigenvalue weighted by atomic mass is 19.4. The lowest BCUT2D eigenvalue weighted by Crippen LogP contribution is -2.49. The molecular formula is C13H13F7N2. The second-order valence-electron chi connectivity index (χ2n) is 4.96. The van der Waals surface area contributed by atoms with Gasteiger partial charge in [-0.05, 0) is 23.8 Å². The van der Waals surface area contributed by atoms with Gasteiger partial charge in [0.1, 0.15) is 11.9 Å². The van der Waals surface area contributed by atoms with Crippen LogP contribution in [0.3, 0.4) is 0 Å². The minimum Gasteiger partial charge on any atom is -0.314 e. The summed E-state index contributed by atoms with van der Waals surface area (Å²) in [4.78, 5) is 0.889. The third-order valence-corrected chi connectivity index (χ3v) is 3.44. The Labute approximate surface area is 121 Å². The molecule has 1 aromatic rings. The van der Waals surface area contributed by atoms with Crippen LogP contribution < -0.4 is 5.32 Å². The molecule has 0 radical (unpaired) electrons. The molecule has 2 rings (SSSR count). The fourth-order valence-electron chi connectivity index (χ4n) is 2.54. The largest absolute Gasteiger partial charge is 0.416 e. The lowest BCUT2D eigenvalue weighted by Gasteiger charge is -2.37. The van der Waals surface area contributed by atoms with E-state index in [0.29, 0.717) is 18.2 Å². The van der Waals surface area contributed by atoms with Gasteiger partial charge >= 0.3 is 12.4 Å². The molecule has 0 amide bonds. The summed E-state index contributed by atoms with van der Waals surface area (Å²) in [5.41, 5.74) is -2.56. The summed E-state index contributed by atoms with van der Waals surface area (Å²) in [5.74, 6) is -1.13. The van der Waals surface area contributed by atoms with Gasteiger partial charge in [-0.1, -0.05) is 0 Å². The number of rotatable bonds is 2. The van der Waals surface area contributed by atoms with Crippen LogP contribution in [-0.4, -0.2) is 37.3 Å². The molecule has 1 saturated heterocycles. The number of hydrogen-bond donors (Lipinski definition) is 1. The van der Waals surface area contributed by atoms with E-state index in [4.69, 9.17) is 0 Å². The van der Waals surface area contributed by atoms with Crippen LogP contribution >= 0.6 is 0 Å². The summed E-state index contributed by atoms with van der Waals surface area (Å²) in [6, 6.07) is -1.30. The van der Waals surface area contributed by atoms with Crippen molar-refractivity contribution in [3.05, 3.63) is 35.1 Å². The first-order valence-electron chi connectivity index (χ1n) is 6.49. The third-order valence-electron chi connectivity index (χ3n) is 3.44. The van der Waals surface area contributed by atoms with Crippen molar-refractivity contribution in [3.63, 3.8) is 0 Å². The Hall–Kier alpha value is -1.35. The quantitative estimate of drug-likeness (QED) is 0.837. The molecule has 2 nitrogen and oxygen atoms in total. The first-order valence-corrected chi connectivity index (χ1v) is 6.49. The van der Waals surface area contributed by atoms with Gasteiger partial charge in [-0.3, -0.25) is 4.90 Å². The van der Waals surface area contributed by atoms with Crippen molar-refractivity contribution in [1.82, 2.24) is 10.2 Å². The fourth-order valence-corrected chi connectivity index (χ4v) is 2.54. The molecule has 1 fully saturated rings. The van der Waals surface area contributed by atoms with Crippen molar-refractivity contribution in [2.75, 3.05) is 26.2 Å². The van der Waals surface area contributed by atoms with Gasteiger partial charge < -0.3 is 5.32 Å². The highest BCUT2D eigenvalue weighted by molar-refractivity contribution is 5.34. The Balaban J connectivity index is 2.54. The Bertz CT molecular complexity index is 518. The number of hydrogen-bond acceptors (Lipinski definition) is 2. The Morgan fingerprint density at radius 3 is 2.09 bits per heavy atom. The number of piperazine rings is 1. The Morgan fingerprint density at radius 2 is 1.59 bits per heavy atom. The summed E-state index contributed by atoms with van der Waals surface area (Å²) in [6.45, 7) is 0.308. The van der Waals surface area contributed by atoms with Crippen molar-refractivity contribution in [3.8, 4) is 0 Å². The van der Waals surface area contributed by atoms with Crippen LogP contribution in [0.25, 0.3) is 0 Å². The van der Waals surface area contributed by atoms with Crippen molar-refractivity contribution in [2.24, 2.45) is 0 Å². The van der Waals surface area contributed by atoms with Gasteiger partial charge in [0.25, 0.3) is 0 Å². The van der Waals surface area contributed by atoms with Crippen LogP contribution in [0.4, 0.5) is 30.7 Å². The minimum absolute atomic E-state index is 0.0714. The van der Waals surface area contributed by atoms with Crippen LogP contribution in [0.1, 0.15) is 17.2 Å². The van der Waals surface area contributed by atoms with Crippen molar-refractivity contribution in [1.29, 1.82) is 0 Å². The molecule has 0 saturated carbocycles. The van der Waals surface area contributed by atoms with E-state index in [2.05, 4.69) is 5.32 Å². The zero-order chi connectivity index (χ0) is 16.5. The van der Waals surface area contributed by atoms with Gasteiger partial charge in [-0.25, -0.2) is 4.39 Å². The van der Waals surface area contributed by atoms with Crippen molar-refractivity contribution >= 4 is 0 Å². The molecule has 1 aliphatic heterocycles. The first kappa shape index (κ1) is 17.0. The smallest absolute Gasteiger partial charge is 0.314 e. The van der Waals surface area contributed by atoms with Gasteiger partial charge in [-0.2, -0.15) is 26.3 Å². The standard InChI is InChI=1S/C13H13F7N2/c14-8-1-2-10(12(15,16)17)9(7-8)11(13(18,19)20)22-5-3-21-4-6-22/h1-2,7,11,21H,3-6H2/t11-/m1/s1. The molecule has 1 aromatic carbocycles. The number of nitrogens with zero attached hydrogens (tertiary/aromatic N) is 1. The zero-order valence-electron chi connectivity index (χ0n) is 11.2. The molecular weight excluding hydrogens is 317 g/mol. The molecule has 22 heavy (non-hydrogen) atoms. The molecule has 124 valence electrons. The number of halogens is 7. The molecule has 1 atom stereocenters. The van der Waals surface area contributed by atoms with E-state index >= 15 is 0 Å². The summed E-state index contributed by atoms with van der Waals surface area (Å²) < 4.78 is 92.2. The lowest BCUT2D eigenvalue weighted by atomic mass is 9.97. The minimum atomic E-state index is -4.99. The van der Waals surface area contributed by atoms with E-state index < -0.39 is 35.3 Å². The maximum absolute atomic E-state index is 13.3. The van der Waals surface area contributed by atoms with Crippen LogP contribution in [0.15, 0.2) is 18.2 Å². The number of alkyl halides is 6. The van der Waals surface area contributed by atoms with E-state index in [1.54, 1.807) is 0 Å². The average molecular weight is 330 g/mol. The Kier molecular flexibility index (Phi) is 4.67. The van der Waals surface area contributed by atoms with Gasteiger partial charge in [0.15, 0.2) is 0 Å². The fraction of sp³-hybridized carbons (Fsp3) is 0.538. The van der Waals surface area contributed by atoms with Crippen LogP contribution in [-0.2, 0) is 6.18 Å². The summed E-state index contributed by atoms with van der Waals surface area (Å²) in [6.07, 6.45) is -9.92. The normalized spacial score (nSPS) is 19.2. The molecule has 1 heterocycles. The predicted molar refractivity (Wildman–Crippen MR) is 64.6 cm³/mol. The van der Waals surface area contributed by atoms with Gasteiger partial charge in [0.2, 0.25) is 0 Å². The highest BCUT2D eigenvalue weighted by Crippen LogP contribution is 2.43. The maximum atomic E-state index is 13.3. The van der Waals surface area contributed by atoms with E-state index in [9.17, 15) is 30.7 Å². The highest BCUT2D eigenvalue weighted by Gasteiger charge is 2.48. The van der Waals surface area contributed by atoms with Crippen LogP contribution in [0.5, 0.6) is 0 Å². The summed E-state index contributed by atoms with van der Waals surface area (Å²) in [5, 5.41) is 2.82. The van der Waals surface area contributed by atoms with Gasteiger partial charge in [0, 0.05) is 26.2 Å². The van der Waals surface area contributed by atoms with E-state index in [-0.39, 0.29) is 26.2 Å². The predicted octanol–water partition coefficient (Wildman–Crippen LogP) is 3.35. The topological polar surface area (TPSA) is 15.3 Å². The summed E-state index contributed by atoms with van der Waals surface area (Å²) in [7, 11) is 0. The van der Waals surface area contributed by atoms with Crippen molar-refractivity contribution in [2.45, 2.75) is 18.4 Å². The number of nitrogens with one attached hydrogen (secondary N) is 1. The zero-order valence-corrected chi connectivity index (χ0v) is 11.2.